The number of hydrogen-bond acceptors (Lipinski definition) is 6. The van der Waals surface area contributed by atoms with E-state index in [-0.39, 0.29) is 0 Å². The molecule has 0 aliphatic heterocycles. The number of nitrogens with zero attached hydrogens (tertiary/aromatic N) is 2. The highest BCUT2D eigenvalue weighted by atomic mass is 32.2. The minimum Gasteiger partial charge on any atom is -0.324 e. The molecule has 0 radical (unpaired) electrons. The van der Waals surface area contributed by atoms with Crippen molar-refractivity contribution in [2.75, 3.05) is 25.1 Å². The van der Waals surface area contributed by atoms with Gasteiger partial charge in [-0.1, -0.05) is 18.2 Å². The lowest BCUT2D eigenvalue weighted by Gasteiger charge is -2.12. The van der Waals surface area contributed by atoms with Crippen LogP contribution in [0.1, 0.15) is 5.69 Å². The number of fused-ring (bicyclic) bond motifs is 1. The van der Waals surface area contributed by atoms with Gasteiger partial charge in [0.05, 0.1) is 21.8 Å². The van der Waals surface area contributed by atoms with Crippen molar-refractivity contribution in [2.24, 2.45) is 0 Å². The van der Waals surface area contributed by atoms with Gasteiger partial charge in [-0.3, -0.25) is 0 Å². The van der Waals surface area contributed by atoms with E-state index in [0.29, 0.717) is 4.90 Å². The molecule has 136 valence electrons. The predicted molar refractivity (Wildman–Crippen MR) is 108 cm³/mol. The van der Waals surface area contributed by atoms with Crippen LogP contribution >= 0.6 is 11.9 Å². The van der Waals surface area contributed by atoms with E-state index in [1.807, 2.05) is 38.4 Å². The summed E-state index contributed by atoms with van der Waals surface area (Å²) in [7, 11) is 0.866. The predicted octanol–water partition coefficient (Wildman–Crippen LogP) is 3.82. The maximum absolute atomic E-state index is 11.5. The third-order valence-electron chi connectivity index (χ3n) is 3.79. The Bertz CT molecular complexity index is 1020. The van der Waals surface area contributed by atoms with Crippen LogP contribution in [0.15, 0.2) is 64.4 Å². The molecular formula is C19H21N3O2S2. The van der Waals surface area contributed by atoms with Crippen molar-refractivity contribution in [3.63, 3.8) is 0 Å². The van der Waals surface area contributed by atoms with Gasteiger partial charge >= 0.3 is 0 Å². The standard InChI is InChI=1S/C19H21N3O2S2/c1-22(2)13-15-8-7-14-5-4-6-18(19(14)20-15)21-25-16-9-11-17(12-10-16)26(3,23)24/h4-12,21H,13H2,1-3H3. The number of hydrogen-bond donors (Lipinski definition) is 1. The Morgan fingerprint density at radius 3 is 2.42 bits per heavy atom. The average Bonchev–Trinajstić information content (AvgIpc) is 2.59. The van der Waals surface area contributed by atoms with Crippen LogP contribution in [-0.4, -0.2) is 38.7 Å². The van der Waals surface area contributed by atoms with Gasteiger partial charge in [0.2, 0.25) is 0 Å². The van der Waals surface area contributed by atoms with Crippen LogP contribution < -0.4 is 4.72 Å². The second-order valence-electron chi connectivity index (χ2n) is 6.37. The topological polar surface area (TPSA) is 62.3 Å². The second kappa shape index (κ2) is 7.65. The van der Waals surface area contributed by atoms with E-state index in [9.17, 15) is 8.42 Å². The Kier molecular flexibility index (Phi) is 5.50. The summed E-state index contributed by atoms with van der Waals surface area (Å²) in [6, 6.07) is 17.0. The van der Waals surface area contributed by atoms with E-state index in [4.69, 9.17) is 4.98 Å². The highest BCUT2D eigenvalue weighted by Gasteiger charge is 2.08. The number of nitrogens with one attached hydrogen (secondary N) is 1. The van der Waals surface area contributed by atoms with E-state index in [2.05, 4.69) is 15.7 Å². The molecule has 0 aliphatic rings. The minimum absolute atomic E-state index is 0.321. The van der Waals surface area contributed by atoms with Crippen LogP contribution in [0.2, 0.25) is 0 Å². The fourth-order valence-corrected chi connectivity index (χ4v) is 3.85. The summed E-state index contributed by atoms with van der Waals surface area (Å²) >= 11 is 1.43. The number of aromatic nitrogens is 1. The summed E-state index contributed by atoms with van der Waals surface area (Å²) in [6.07, 6.45) is 1.21. The van der Waals surface area contributed by atoms with E-state index in [0.717, 1.165) is 33.7 Å². The van der Waals surface area contributed by atoms with Gasteiger partial charge in [0.1, 0.15) is 0 Å². The summed E-state index contributed by atoms with van der Waals surface area (Å²) in [5.41, 5.74) is 2.87. The highest BCUT2D eigenvalue weighted by Crippen LogP contribution is 2.28. The van der Waals surface area contributed by atoms with Crippen LogP contribution in [0.3, 0.4) is 0 Å². The Morgan fingerprint density at radius 2 is 1.77 bits per heavy atom. The van der Waals surface area contributed by atoms with Gasteiger partial charge in [0, 0.05) is 23.1 Å². The smallest absolute Gasteiger partial charge is 0.175 e. The summed E-state index contributed by atoms with van der Waals surface area (Å²) < 4.78 is 26.4. The summed E-state index contributed by atoms with van der Waals surface area (Å²) in [6.45, 7) is 0.782. The van der Waals surface area contributed by atoms with Crippen LogP contribution in [0.4, 0.5) is 5.69 Å². The maximum atomic E-state index is 11.5. The Balaban J connectivity index is 1.82. The first-order valence-corrected chi connectivity index (χ1v) is 10.8. The van der Waals surface area contributed by atoms with Crippen LogP contribution in [0.5, 0.6) is 0 Å². The number of pyridine rings is 1. The van der Waals surface area contributed by atoms with E-state index >= 15 is 0 Å². The van der Waals surface area contributed by atoms with Gasteiger partial charge in [0.15, 0.2) is 9.84 Å². The van der Waals surface area contributed by atoms with E-state index in [1.54, 1.807) is 24.3 Å². The molecule has 26 heavy (non-hydrogen) atoms. The van der Waals surface area contributed by atoms with Crippen molar-refractivity contribution < 1.29 is 8.42 Å². The fourth-order valence-electron chi connectivity index (χ4n) is 2.55. The molecule has 3 rings (SSSR count). The zero-order valence-electron chi connectivity index (χ0n) is 14.9. The zero-order chi connectivity index (χ0) is 18.7. The number of para-hydroxylation sites is 1. The summed E-state index contributed by atoms with van der Waals surface area (Å²) in [5.74, 6) is 0. The highest BCUT2D eigenvalue weighted by molar-refractivity contribution is 8.00. The van der Waals surface area contributed by atoms with Gasteiger partial charge in [-0.15, -0.1) is 0 Å². The number of rotatable bonds is 6. The Morgan fingerprint density at radius 1 is 1.04 bits per heavy atom. The van der Waals surface area contributed by atoms with Crippen molar-refractivity contribution in [1.82, 2.24) is 9.88 Å². The Hall–Kier alpha value is -2.09. The fraction of sp³-hybridized carbons (Fsp3) is 0.211. The third kappa shape index (κ3) is 4.55. The lowest BCUT2D eigenvalue weighted by Crippen LogP contribution is -2.11. The molecule has 5 nitrogen and oxygen atoms in total. The lowest BCUT2D eigenvalue weighted by molar-refractivity contribution is 0.397. The van der Waals surface area contributed by atoms with Gasteiger partial charge in [-0.2, -0.15) is 0 Å². The van der Waals surface area contributed by atoms with E-state index < -0.39 is 9.84 Å². The Labute approximate surface area is 158 Å². The second-order valence-corrected chi connectivity index (χ2v) is 9.26. The first kappa shape index (κ1) is 18.7. The molecule has 3 aromatic rings. The molecule has 7 heteroatoms. The van der Waals surface area contributed by atoms with Gasteiger partial charge in [-0.25, -0.2) is 13.4 Å². The summed E-state index contributed by atoms with van der Waals surface area (Å²) in [5, 5.41) is 1.07. The lowest BCUT2D eigenvalue weighted by atomic mass is 10.2. The zero-order valence-corrected chi connectivity index (χ0v) is 16.6. The molecule has 0 unspecified atom stereocenters. The molecule has 0 amide bonds. The molecule has 2 aromatic carbocycles. The van der Waals surface area contributed by atoms with Gasteiger partial charge < -0.3 is 9.62 Å². The molecule has 0 saturated heterocycles. The maximum Gasteiger partial charge on any atom is 0.175 e. The average molecular weight is 388 g/mol. The summed E-state index contributed by atoms with van der Waals surface area (Å²) in [4.78, 5) is 8.11. The largest absolute Gasteiger partial charge is 0.324 e. The SMILES string of the molecule is CN(C)Cc1ccc2cccc(NSc3ccc(S(C)(=O)=O)cc3)c2n1. The molecule has 0 spiro atoms. The van der Waals surface area contributed by atoms with E-state index in [1.165, 1.54) is 18.2 Å². The first-order chi connectivity index (χ1) is 12.3. The molecule has 1 aromatic heterocycles. The van der Waals surface area contributed by atoms with Crippen LogP contribution in [0.25, 0.3) is 10.9 Å². The van der Waals surface area contributed by atoms with Crippen molar-refractivity contribution >= 4 is 38.4 Å². The number of sulfone groups is 1. The molecule has 0 fully saturated rings. The molecule has 1 heterocycles. The first-order valence-electron chi connectivity index (χ1n) is 8.09. The molecule has 0 bridgehead atoms. The number of anilines is 1. The monoisotopic (exact) mass is 387 g/mol. The van der Waals surface area contributed by atoms with Gasteiger partial charge in [0.25, 0.3) is 0 Å². The molecule has 0 atom stereocenters. The molecule has 0 saturated carbocycles. The van der Waals surface area contributed by atoms with Crippen molar-refractivity contribution in [1.29, 1.82) is 0 Å². The molecular weight excluding hydrogens is 366 g/mol. The van der Waals surface area contributed by atoms with Gasteiger partial charge in [-0.05, 0) is 62.4 Å². The van der Waals surface area contributed by atoms with Crippen molar-refractivity contribution in [3.05, 3.63) is 60.3 Å². The normalized spacial score (nSPS) is 11.8. The van der Waals surface area contributed by atoms with Crippen molar-refractivity contribution in [3.8, 4) is 0 Å². The minimum atomic E-state index is -3.17. The third-order valence-corrected chi connectivity index (χ3v) is 5.75. The van der Waals surface area contributed by atoms with Crippen molar-refractivity contribution in [2.45, 2.75) is 16.3 Å². The van der Waals surface area contributed by atoms with Crippen LogP contribution in [-0.2, 0) is 16.4 Å². The van der Waals surface area contributed by atoms with Crippen LogP contribution in [0, 0.1) is 0 Å². The molecule has 0 aliphatic carbocycles. The quantitative estimate of drug-likeness (QED) is 0.649. The molecule has 1 N–H and O–H groups in total. The number of benzene rings is 2.